The highest BCUT2D eigenvalue weighted by Gasteiger charge is 2.30. The Morgan fingerprint density at radius 2 is 1.86 bits per heavy atom. The van der Waals surface area contributed by atoms with Crippen molar-refractivity contribution < 1.29 is 24.2 Å². The third-order valence-electron chi connectivity index (χ3n) is 3.31. The zero-order chi connectivity index (χ0) is 16.7. The molecular weight excluding hydrogens is 288 g/mol. The van der Waals surface area contributed by atoms with E-state index in [1.54, 1.807) is 6.92 Å². The molecule has 0 aromatic heterocycles. The summed E-state index contributed by atoms with van der Waals surface area (Å²) in [5, 5.41) is 11.1. The van der Waals surface area contributed by atoms with Crippen LogP contribution in [0.25, 0.3) is 0 Å². The molecular formula is C15H20N2O5. The summed E-state index contributed by atoms with van der Waals surface area (Å²) < 4.78 is 4.71. The highest BCUT2D eigenvalue weighted by Crippen LogP contribution is 2.20. The summed E-state index contributed by atoms with van der Waals surface area (Å²) in [6, 6.07) is 6.95. The first-order chi connectivity index (χ1) is 10.4. The molecule has 0 spiro atoms. The Labute approximate surface area is 128 Å². The molecule has 0 saturated heterocycles. The van der Waals surface area contributed by atoms with Crippen molar-refractivity contribution in [1.82, 2.24) is 5.32 Å². The predicted molar refractivity (Wildman–Crippen MR) is 79.0 cm³/mol. The van der Waals surface area contributed by atoms with Crippen LogP contribution in [-0.2, 0) is 19.1 Å². The van der Waals surface area contributed by atoms with E-state index in [4.69, 9.17) is 15.6 Å². The number of carbonyl (C=O) groups is 3. The number of esters is 1. The topological polar surface area (TPSA) is 119 Å². The number of methoxy groups -OCH3 is 1. The number of aliphatic carboxylic acids is 1. The van der Waals surface area contributed by atoms with Gasteiger partial charge in [-0.2, -0.15) is 0 Å². The summed E-state index contributed by atoms with van der Waals surface area (Å²) in [6.07, 6.45) is -0.514. The summed E-state index contributed by atoms with van der Waals surface area (Å²) in [7, 11) is 1.22. The Balaban J connectivity index is 2.88. The molecule has 1 amide bonds. The third kappa shape index (κ3) is 4.85. The van der Waals surface area contributed by atoms with Gasteiger partial charge < -0.3 is 20.9 Å². The first kappa shape index (κ1) is 17.6. The molecule has 7 nitrogen and oxygen atoms in total. The molecule has 0 aliphatic rings. The first-order valence-electron chi connectivity index (χ1n) is 6.77. The molecule has 1 rings (SSSR count). The second-order valence-corrected chi connectivity index (χ2v) is 4.91. The van der Waals surface area contributed by atoms with E-state index in [-0.39, 0.29) is 5.92 Å². The van der Waals surface area contributed by atoms with Crippen molar-refractivity contribution in [2.24, 2.45) is 5.73 Å². The van der Waals surface area contributed by atoms with Gasteiger partial charge in [0, 0.05) is 5.92 Å². The van der Waals surface area contributed by atoms with Gasteiger partial charge in [0.1, 0.15) is 6.04 Å². The van der Waals surface area contributed by atoms with E-state index < -0.39 is 36.4 Å². The molecule has 0 fully saturated rings. The monoisotopic (exact) mass is 308 g/mol. The lowest BCUT2D eigenvalue weighted by Gasteiger charge is -2.24. The van der Waals surface area contributed by atoms with Crippen LogP contribution in [0.2, 0.25) is 0 Å². The lowest BCUT2D eigenvalue weighted by Crippen LogP contribution is -2.51. The number of carbonyl (C=O) groups excluding carboxylic acids is 2. The van der Waals surface area contributed by atoms with Crippen LogP contribution in [0.1, 0.15) is 24.8 Å². The van der Waals surface area contributed by atoms with Crippen LogP contribution in [-0.4, -0.2) is 42.1 Å². The highest BCUT2D eigenvalue weighted by atomic mass is 16.5. The van der Waals surface area contributed by atoms with Gasteiger partial charge in [0.15, 0.2) is 0 Å². The number of amides is 1. The second-order valence-electron chi connectivity index (χ2n) is 4.91. The molecule has 3 unspecified atom stereocenters. The third-order valence-corrected chi connectivity index (χ3v) is 3.31. The molecule has 0 saturated carbocycles. The van der Waals surface area contributed by atoms with Gasteiger partial charge in [-0.25, -0.2) is 4.79 Å². The van der Waals surface area contributed by atoms with Crippen molar-refractivity contribution in [2.45, 2.75) is 31.3 Å². The standard InChI is InChI=1S/C15H20N2O5/c1-9(10-6-4-3-5-7-10)13(15(21)22-2)17-14(20)11(16)8-12(18)19/h3-7,9,11,13H,8,16H2,1-2H3,(H,17,20)(H,18,19). The lowest BCUT2D eigenvalue weighted by atomic mass is 9.93. The molecule has 1 aromatic carbocycles. The Morgan fingerprint density at radius 3 is 2.36 bits per heavy atom. The van der Waals surface area contributed by atoms with Crippen LogP contribution in [0.4, 0.5) is 0 Å². The van der Waals surface area contributed by atoms with Crippen LogP contribution >= 0.6 is 0 Å². The van der Waals surface area contributed by atoms with Crippen LogP contribution in [0.15, 0.2) is 30.3 Å². The second kappa shape index (κ2) is 8.14. The number of nitrogens with one attached hydrogen (secondary N) is 1. The van der Waals surface area contributed by atoms with Crippen LogP contribution in [0.3, 0.4) is 0 Å². The number of hydrogen-bond acceptors (Lipinski definition) is 5. The Hall–Kier alpha value is -2.41. The van der Waals surface area contributed by atoms with Crippen LogP contribution < -0.4 is 11.1 Å². The van der Waals surface area contributed by atoms with Crippen molar-refractivity contribution in [1.29, 1.82) is 0 Å². The summed E-state index contributed by atoms with van der Waals surface area (Å²) in [5.74, 6) is -2.86. The minimum Gasteiger partial charge on any atom is -0.481 e. The average molecular weight is 308 g/mol. The van der Waals surface area contributed by atoms with Gasteiger partial charge >= 0.3 is 11.9 Å². The average Bonchev–Trinajstić information content (AvgIpc) is 2.51. The van der Waals surface area contributed by atoms with E-state index in [1.807, 2.05) is 30.3 Å². The highest BCUT2D eigenvalue weighted by molar-refractivity contribution is 5.90. The molecule has 22 heavy (non-hydrogen) atoms. The van der Waals surface area contributed by atoms with Gasteiger partial charge in [0.05, 0.1) is 19.6 Å². The first-order valence-corrected chi connectivity index (χ1v) is 6.77. The molecule has 0 bridgehead atoms. The molecule has 0 heterocycles. The number of ether oxygens (including phenoxy) is 1. The van der Waals surface area contributed by atoms with Crippen molar-refractivity contribution in [2.75, 3.05) is 7.11 Å². The van der Waals surface area contributed by atoms with Crippen molar-refractivity contribution in [3.8, 4) is 0 Å². The summed E-state index contributed by atoms with van der Waals surface area (Å²) in [6.45, 7) is 1.76. The van der Waals surface area contributed by atoms with Crippen LogP contribution in [0.5, 0.6) is 0 Å². The van der Waals surface area contributed by atoms with E-state index in [2.05, 4.69) is 5.32 Å². The summed E-state index contributed by atoms with van der Waals surface area (Å²) in [5.41, 5.74) is 6.34. The van der Waals surface area contributed by atoms with Gasteiger partial charge in [-0.15, -0.1) is 0 Å². The number of hydrogen-bond donors (Lipinski definition) is 3. The Morgan fingerprint density at radius 1 is 1.27 bits per heavy atom. The van der Waals surface area contributed by atoms with E-state index >= 15 is 0 Å². The number of carboxylic acid groups (broad SMARTS) is 1. The maximum Gasteiger partial charge on any atom is 0.328 e. The van der Waals surface area contributed by atoms with E-state index in [1.165, 1.54) is 7.11 Å². The lowest BCUT2D eigenvalue weighted by molar-refractivity contribution is -0.146. The van der Waals surface area contributed by atoms with Crippen LogP contribution in [0, 0.1) is 0 Å². The van der Waals surface area contributed by atoms with Crippen molar-refractivity contribution in [3.05, 3.63) is 35.9 Å². The van der Waals surface area contributed by atoms with E-state index in [0.29, 0.717) is 0 Å². The SMILES string of the molecule is COC(=O)C(NC(=O)C(N)CC(=O)O)C(C)c1ccccc1. The van der Waals surface area contributed by atoms with E-state index in [0.717, 1.165) is 5.56 Å². The van der Waals surface area contributed by atoms with Gasteiger partial charge in [0.25, 0.3) is 0 Å². The Kier molecular flexibility index (Phi) is 6.52. The molecule has 3 atom stereocenters. The molecule has 120 valence electrons. The number of nitrogens with two attached hydrogens (primary N) is 1. The quantitative estimate of drug-likeness (QED) is 0.621. The van der Waals surface area contributed by atoms with Crippen molar-refractivity contribution in [3.63, 3.8) is 0 Å². The van der Waals surface area contributed by atoms with Crippen molar-refractivity contribution >= 4 is 17.8 Å². The molecule has 1 aromatic rings. The predicted octanol–water partition coefficient (Wildman–Crippen LogP) is 0.250. The minimum absolute atomic E-state index is 0.352. The van der Waals surface area contributed by atoms with Gasteiger partial charge in [-0.3, -0.25) is 9.59 Å². The molecule has 0 aliphatic heterocycles. The fourth-order valence-corrected chi connectivity index (χ4v) is 2.01. The Bertz CT molecular complexity index is 532. The maximum absolute atomic E-state index is 11.9. The zero-order valence-electron chi connectivity index (χ0n) is 12.5. The molecule has 0 aliphatic carbocycles. The molecule has 7 heteroatoms. The van der Waals surface area contributed by atoms with Gasteiger partial charge in [0.2, 0.25) is 5.91 Å². The van der Waals surface area contributed by atoms with Gasteiger partial charge in [-0.05, 0) is 5.56 Å². The van der Waals surface area contributed by atoms with E-state index in [9.17, 15) is 14.4 Å². The number of benzene rings is 1. The summed E-state index contributed by atoms with van der Waals surface area (Å²) in [4.78, 5) is 34.4. The zero-order valence-corrected chi connectivity index (χ0v) is 12.5. The summed E-state index contributed by atoms with van der Waals surface area (Å²) >= 11 is 0. The number of rotatable bonds is 7. The fourth-order valence-electron chi connectivity index (χ4n) is 2.01. The fraction of sp³-hybridized carbons (Fsp3) is 0.400. The maximum atomic E-state index is 11.9. The number of carboxylic acids is 1. The normalized spacial score (nSPS) is 14.5. The minimum atomic E-state index is -1.23. The molecule has 0 radical (unpaired) electrons. The van der Waals surface area contributed by atoms with Gasteiger partial charge in [-0.1, -0.05) is 37.3 Å². The smallest absolute Gasteiger partial charge is 0.328 e. The largest absolute Gasteiger partial charge is 0.481 e. The molecule has 4 N–H and O–H groups in total.